The van der Waals surface area contributed by atoms with Crippen molar-refractivity contribution >= 4 is 19.8 Å². The van der Waals surface area contributed by atoms with E-state index in [1.165, 1.54) is 231 Å². The van der Waals surface area contributed by atoms with E-state index in [1.54, 1.807) is 0 Å². The van der Waals surface area contributed by atoms with Crippen LogP contribution in [0.2, 0.25) is 0 Å². The Bertz CT molecular complexity index is 1340. The maximum atomic E-state index is 12.8. The average Bonchev–Trinajstić information content (AvgIpc) is 3.36. The molecule has 0 rings (SSSR count). The van der Waals surface area contributed by atoms with Gasteiger partial charge >= 0.3 is 19.8 Å². The summed E-state index contributed by atoms with van der Waals surface area (Å²) in [7, 11) is 1.49. The van der Waals surface area contributed by atoms with Gasteiger partial charge in [-0.25, -0.2) is 4.57 Å². The second-order valence-corrected chi connectivity index (χ2v) is 24.3. The second kappa shape index (κ2) is 56.0. The zero-order chi connectivity index (χ0) is 54.2. The molecular weight excluding hydrogens is 942 g/mol. The summed E-state index contributed by atoms with van der Waals surface area (Å²) in [5.74, 6) is -0.780. The predicted molar refractivity (Wildman–Crippen MR) is 317 cm³/mol. The summed E-state index contributed by atoms with van der Waals surface area (Å²) in [6.45, 7) is 4.48. The summed E-state index contributed by atoms with van der Waals surface area (Å²) in [5, 5.41) is 0. The van der Waals surface area contributed by atoms with Crippen LogP contribution in [0.3, 0.4) is 0 Å². The molecule has 0 aliphatic rings. The molecule has 0 heterocycles. The van der Waals surface area contributed by atoms with Gasteiger partial charge in [-0.1, -0.05) is 281 Å². The van der Waals surface area contributed by atoms with Crippen molar-refractivity contribution in [2.75, 3.05) is 47.5 Å². The Balaban J connectivity index is 4.05. The third kappa shape index (κ3) is 59.5. The number of phosphoric ester groups is 1. The van der Waals surface area contributed by atoms with E-state index >= 15 is 0 Å². The molecule has 0 saturated heterocycles. The molecule has 0 amide bonds. The first-order chi connectivity index (χ1) is 36.0. The Morgan fingerprint density at radius 1 is 0.419 bits per heavy atom. The molecule has 0 aliphatic heterocycles. The molecule has 0 saturated carbocycles. The van der Waals surface area contributed by atoms with E-state index in [0.717, 1.165) is 44.9 Å². The van der Waals surface area contributed by atoms with Crippen LogP contribution in [0.25, 0.3) is 0 Å². The molecule has 0 radical (unpaired) electrons. The number of carbonyl (C=O) groups excluding carboxylic acids is 2. The third-order valence-electron chi connectivity index (χ3n) is 14.2. The molecule has 0 aromatic carbocycles. The first kappa shape index (κ1) is 72.2. The van der Waals surface area contributed by atoms with Crippen LogP contribution in [-0.2, 0) is 32.7 Å². The Labute approximate surface area is 459 Å². The van der Waals surface area contributed by atoms with Crippen molar-refractivity contribution in [3.05, 3.63) is 36.5 Å². The van der Waals surface area contributed by atoms with Gasteiger partial charge in [-0.15, -0.1) is 0 Å². The maximum Gasteiger partial charge on any atom is 0.472 e. The fourth-order valence-electron chi connectivity index (χ4n) is 9.26. The van der Waals surface area contributed by atoms with Gasteiger partial charge in [0.15, 0.2) is 6.10 Å². The molecule has 1 N–H and O–H groups in total. The lowest BCUT2D eigenvalue weighted by Gasteiger charge is -2.24. The number of hydrogen-bond acceptors (Lipinski definition) is 7. The van der Waals surface area contributed by atoms with Gasteiger partial charge in [-0.3, -0.25) is 18.6 Å². The quantitative estimate of drug-likeness (QED) is 0.0211. The molecule has 0 aromatic heterocycles. The predicted octanol–water partition coefficient (Wildman–Crippen LogP) is 19.9. The van der Waals surface area contributed by atoms with Gasteiger partial charge in [0.1, 0.15) is 19.8 Å². The summed E-state index contributed by atoms with van der Waals surface area (Å²) in [6, 6.07) is 0. The van der Waals surface area contributed by atoms with E-state index < -0.39 is 26.5 Å². The van der Waals surface area contributed by atoms with Crippen molar-refractivity contribution in [3.8, 4) is 0 Å². The molecule has 2 atom stereocenters. The minimum Gasteiger partial charge on any atom is -0.462 e. The van der Waals surface area contributed by atoms with Crippen LogP contribution in [0.5, 0.6) is 0 Å². The van der Waals surface area contributed by atoms with Crippen LogP contribution in [0.1, 0.15) is 309 Å². The molecule has 74 heavy (non-hydrogen) atoms. The monoisotopic (exact) mass is 1060 g/mol. The number of hydrogen-bond donors (Lipinski definition) is 1. The Morgan fingerprint density at radius 2 is 0.730 bits per heavy atom. The second-order valence-electron chi connectivity index (χ2n) is 22.8. The van der Waals surface area contributed by atoms with Crippen LogP contribution in [-0.4, -0.2) is 74.9 Å². The van der Waals surface area contributed by atoms with Gasteiger partial charge in [0.05, 0.1) is 27.7 Å². The fourth-order valence-corrected chi connectivity index (χ4v) is 10.0. The van der Waals surface area contributed by atoms with E-state index in [9.17, 15) is 19.0 Å². The summed E-state index contributed by atoms with van der Waals surface area (Å²) in [6.07, 6.45) is 69.4. The van der Waals surface area contributed by atoms with Crippen LogP contribution >= 0.6 is 7.82 Å². The Hall–Kier alpha value is -1.77. The summed E-state index contributed by atoms with van der Waals surface area (Å²) >= 11 is 0. The molecule has 9 nitrogen and oxygen atoms in total. The minimum atomic E-state index is -4.38. The van der Waals surface area contributed by atoms with Crippen molar-refractivity contribution in [3.63, 3.8) is 0 Å². The van der Waals surface area contributed by atoms with Gasteiger partial charge < -0.3 is 18.9 Å². The van der Waals surface area contributed by atoms with Crippen LogP contribution < -0.4 is 0 Å². The van der Waals surface area contributed by atoms with E-state index in [4.69, 9.17) is 18.5 Å². The number of nitrogens with zero attached hydrogens (tertiary/aromatic N) is 1. The smallest absolute Gasteiger partial charge is 0.462 e. The maximum absolute atomic E-state index is 12.8. The SMILES string of the molecule is CCCCCCC/C=C\C/C=C\C/C=C\CCCCCCCCCCCCCCCCCCC(=O)OC(COC(=O)CCCCCCCCCCCCCCCCCCCCC)COP(=O)(O)OCC[N+](C)(C)C. The van der Waals surface area contributed by atoms with Crippen molar-refractivity contribution in [1.82, 2.24) is 0 Å². The molecule has 0 bridgehead atoms. The fraction of sp³-hybridized carbons (Fsp3) is 0.875. The van der Waals surface area contributed by atoms with Gasteiger partial charge in [0.25, 0.3) is 0 Å². The van der Waals surface area contributed by atoms with Crippen molar-refractivity contribution in [1.29, 1.82) is 0 Å². The summed E-state index contributed by atoms with van der Waals surface area (Å²) in [4.78, 5) is 35.7. The van der Waals surface area contributed by atoms with Crippen molar-refractivity contribution in [2.24, 2.45) is 0 Å². The van der Waals surface area contributed by atoms with Crippen LogP contribution in [0, 0.1) is 0 Å². The first-order valence-corrected chi connectivity index (χ1v) is 33.2. The van der Waals surface area contributed by atoms with E-state index in [2.05, 4.69) is 50.3 Å². The highest BCUT2D eigenvalue weighted by molar-refractivity contribution is 7.47. The molecule has 0 aromatic rings. The Kier molecular flexibility index (Phi) is 54.6. The average molecular weight is 1070 g/mol. The van der Waals surface area contributed by atoms with E-state index in [0.29, 0.717) is 23.9 Å². The highest BCUT2D eigenvalue weighted by Crippen LogP contribution is 2.43. The standard InChI is InChI=1S/C64H122NO8P/c1-6-8-10-12-14-16-18-20-22-24-26-27-28-29-30-31-32-33-34-35-36-37-39-41-43-45-47-49-51-53-55-57-64(67)73-62(61-72-74(68,69)71-59-58-65(3,4)5)60-70-63(66)56-54-52-50-48-46-44-42-40-38-25-23-21-19-17-15-13-11-9-7-2/h18,20,24,26,28-29,62H,6-17,19,21-23,25,27,30-61H2,1-5H3/p+1/b20-18-,26-24-,29-28-. The molecule has 0 aliphatic carbocycles. The Morgan fingerprint density at radius 3 is 1.08 bits per heavy atom. The van der Waals surface area contributed by atoms with E-state index in [1.807, 2.05) is 21.1 Å². The van der Waals surface area contributed by atoms with E-state index in [-0.39, 0.29) is 25.6 Å². The number of allylic oxidation sites excluding steroid dienone is 6. The lowest BCUT2D eigenvalue weighted by molar-refractivity contribution is -0.870. The number of unbranched alkanes of at least 4 members (excludes halogenated alkanes) is 39. The largest absolute Gasteiger partial charge is 0.472 e. The number of ether oxygens (including phenoxy) is 2. The third-order valence-corrected chi connectivity index (χ3v) is 15.2. The first-order valence-electron chi connectivity index (χ1n) is 31.7. The van der Waals surface area contributed by atoms with Gasteiger partial charge in [0.2, 0.25) is 0 Å². The normalized spacial score (nSPS) is 13.4. The topological polar surface area (TPSA) is 108 Å². The minimum absolute atomic E-state index is 0.0343. The number of esters is 2. The lowest BCUT2D eigenvalue weighted by Crippen LogP contribution is -2.37. The van der Waals surface area contributed by atoms with Crippen LogP contribution in [0.15, 0.2) is 36.5 Å². The molecule has 10 heteroatoms. The van der Waals surface area contributed by atoms with Gasteiger partial charge in [-0.2, -0.15) is 0 Å². The summed E-state index contributed by atoms with van der Waals surface area (Å²) in [5.41, 5.74) is 0. The molecule has 436 valence electrons. The zero-order valence-corrected chi connectivity index (χ0v) is 50.5. The number of phosphoric acid groups is 1. The molecular formula is C64H123NO8P+. The highest BCUT2D eigenvalue weighted by atomic mass is 31.2. The summed E-state index contributed by atoms with van der Waals surface area (Å²) < 4.78 is 34.6. The van der Waals surface area contributed by atoms with Crippen molar-refractivity contribution in [2.45, 2.75) is 315 Å². The number of quaternary nitrogens is 1. The van der Waals surface area contributed by atoms with Gasteiger partial charge in [0, 0.05) is 12.8 Å². The molecule has 0 fully saturated rings. The number of likely N-dealkylation sites (N-methyl/N-ethyl adjacent to an activating group) is 1. The lowest BCUT2D eigenvalue weighted by atomic mass is 10.0. The number of rotatable bonds is 59. The number of carbonyl (C=O) groups is 2. The zero-order valence-electron chi connectivity index (χ0n) is 49.6. The molecule has 2 unspecified atom stereocenters. The van der Waals surface area contributed by atoms with Crippen LogP contribution in [0.4, 0.5) is 0 Å². The van der Waals surface area contributed by atoms with Gasteiger partial charge in [-0.05, 0) is 51.4 Å². The van der Waals surface area contributed by atoms with Crippen molar-refractivity contribution < 1.29 is 42.1 Å². The highest BCUT2D eigenvalue weighted by Gasteiger charge is 2.27. The molecule has 0 spiro atoms.